The molecule has 0 aliphatic rings. The fraction of sp³-hybridized carbons (Fsp3) is 0. The molecule has 3 aromatic heterocycles. The van der Waals surface area contributed by atoms with Crippen LogP contribution in [-0.2, 0) is 4.79 Å². The molecule has 25 heavy (non-hydrogen) atoms. The molecule has 1 aromatic carbocycles. The number of amides is 1. The Morgan fingerprint density at radius 2 is 1.92 bits per heavy atom. The second kappa shape index (κ2) is 5.83. The number of carbonyl (C=O) groups is 1. The number of primary amides is 1. The quantitative estimate of drug-likeness (QED) is 0.564. The minimum atomic E-state index is -0.510. The number of nitrogens with one attached hydrogen (secondary N) is 1. The first-order chi connectivity index (χ1) is 12.1. The molecule has 0 saturated heterocycles. The van der Waals surface area contributed by atoms with Gasteiger partial charge in [-0.05, 0) is 30.3 Å². The van der Waals surface area contributed by atoms with Crippen LogP contribution < -0.4 is 5.73 Å². The van der Waals surface area contributed by atoms with Crippen molar-refractivity contribution in [1.82, 2.24) is 15.0 Å². The van der Waals surface area contributed by atoms with Gasteiger partial charge in [-0.25, -0.2) is 9.37 Å². The fourth-order valence-electron chi connectivity index (χ4n) is 2.74. The van der Waals surface area contributed by atoms with Gasteiger partial charge in [-0.2, -0.15) is 0 Å². The van der Waals surface area contributed by atoms with E-state index in [-0.39, 0.29) is 5.82 Å². The van der Waals surface area contributed by atoms with E-state index in [1.165, 1.54) is 18.2 Å². The Bertz CT molecular complexity index is 1150. The third-order valence-electron chi connectivity index (χ3n) is 3.97. The van der Waals surface area contributed by atoms with Gasteiger partial charge in [-0.1, -0.05) is 0 Å². The summed E-state index contributed by atoms with van der Waals surface area (Å²) in [5.74, 6) is -0.821. The van der Waals surface area contributed by atoms with E-state index in [4.69, 9.17) is 5.73 Å². The maximum atomic E-state index is 13.3. The summed E-state index contributed by atoms with van der Waals surface area (Å²) < 4.78 is 13.3. The summed E-state index contributed by atoms with van der Waals surface area (Å²) in [4.78, 5) is 22.7. The number of nitrogens with two attached hydrogens (primary N) is 1. The summed E-state index contributed by atoms with van der Waals surface area (Å²) in [6, 6.07) is 8.42. The van der Waals surface area contributed by atoms with Crippen molar-refractivity contribution in [2.24, 2.45) is 5.73 Å². The Labute approximate surface area is 142 Å². The lowest BCUT2D eigenvalue weighted by Crippen LogP contribution is -2.04. The van der Waals surface area contributed by atoms with Crippen molar-refractivity contribution in [2.75, 3.05) is 0 Å². The molecule has 122 valence electrons. The molecule has 0 saturated carbocycles. The van der Waals surface area contributed by atoms with E-state index in [2.05, 4.69) is 15.0 Å². The number of rotatable bonds is 3. The lowest BCUT2D eigenvalue weighted by atomic mass is 10.1. The van der Waals surface area contributed by atoms with Gasteiger partial charge in [-0.3, -0.25) is 9.78 Å². The van der Waals surface area contributed by atoms with Crippen LogP contribution in [0, 0.1) is 5.82 Å². The van der Waals surface area contributed by atoms with Gasteiger partial charge in [-0.15, -0.1) is 0 Å². The van der Waals surface area contributed by atoms with Crippen LogP contribution in [0.3, 0.4) is 0 Å². The van der Waals surface area contributed by atoms with Gasteiger partial charge in [0.05, 0.1) is 5.52 Å². The molecule has 0 fully saturated rings. The number of aromatic nitrogens is 3. The van der Waals surface area contributed by atoms with Crippen molar-refractivity contribution in [3.8, 4) is 11.1 Å². The fourth-order valence-corrected chi connectivity index (χ4v) is 2.74. The predicted octanol–water partition coefficient (Wildman–Crippen LogP) is 3.42. The number of fused-ring (bicyclic) bond motifs is 2. The number of aromatic amines is 1. The minimum Gasteiger partial charge on any atom is -0.366 e. The number of carbonyl (C=O) groups excluding carboxylic acids is 1. The standard InChI is InChI=1S/C19H13FN4O/c20-15-3-1-11-5-13(9-22-17(11)7-15)14-6-16-12(2-4-18(21)25)8-23-19(16)24-10-14/h1-10H,(H2,21,25)(H,23,24)/b4-2+. The number of halogens is 1. The van der Waals surface area contributed by atoms with Crippen LogP contribution in [0.1, 0.15) is 5.56 Å². The molecule has 0 spiro atoms. The maximum Gasteiger partial charge on any atom is 0.241 e. The van der Waals surface area contributed by atoms with Gasteiger partial charge in [0.2, 0.25) is 5.91 Å². The van der Waals surface area contributed by atoms with Crippen LogP contribution in [0.25, 0.3) is 39.1 Å². The molecule has 0 aliphatic heterocycles. The van der Waals surface area contributed by atoms with E-state index in [0.717, 1.165) is 27.5 Å². The van der Waals surface area contributed by atoms with Crippen LogP contribution >= 0.6 is 0 Å². The molecule has 0 atom stereocenters. The Hall–Kier alpha value is -3.54. The highest BCUT2D eigenvalue weighted by atomic mass is 19.1. The molecular weight excluding hydrogens is 319 g/mol. The second-order valence-electron chi connectivity index (χ2n) is 5.66. The van der Waals surface area contributed by atoms with Crippen molar-refractivity contribution in [1.29, 1.82) is 0 Å². The molecule has 4 rings (SSSR count). The largest absolute Gasteiger partial charge is 0.366 e. The van der Waals surface area contributed by atoms with Gasteiger partial charge >= 0.3 is 0 Å². The summed E-state index contributed by atoms with van der Waals surface area (Å²) >= 11 is 0. The molecule has 0 bridgehead atoms. The van der Waals surface area contributed by atoms with E-state index >= 15 is 0 Å². The molecule has 3 N–H and O–H groups in total. The van der Waals surface area contributed by atoms with E-state index in [9.17, 15) is 9.18 Å². The monoisotopic (exact) mass is 332 g/mol. The molecule has 4 aromatic rings. The zero-order valence-corrected chi connectivity index (χ0v) is 13.0. The third kappa shape index (κ3) is 2.85. The maximum absolute atomic E-state index is 13.3. The summed E-state index contributed by atoms with van der Waals surface area (Å²) in [7, 11) is 0. The second-order valence-corrected chi connectivity index (χ2v) is 5.66. The van der Waals surface area contributed by atoms with Crippen LogP contribution in [0.2, 0.25) is 0 Å². The Balaban J connectivity index is 1.82. The predicted molar refractivity (Wildman–Crippen MR) is 95.0 cm³/mol. The SMILES string of the molecule is NC(=O)/C=C/c1c[nH]c2ncc(-c3cnc4cc(F)ccc4c3)cc12. The normalized spacial score (nSPS) is 11.6. The highest BCUT2D eigenvalue weighted by molar-refractivity contribution is 5.96. The molecule has 1 amide bonds. The van der Waals surface area contributed by atoms with Crippen molar-refractivity contribution in [2.45, 2.75) is 0 Å². The van der Waals surface area contributed by atoms with E-state index in [1.54, 1.807) is 30.7 Å². The first kappa shape index (κ1) is 15.0. The lowest BCUT2D eigenvalue weighted by molar-refractivity contribution is -0.113. The van der Waals surface area contributed by atoms with Crippen molar-refractivity contribution in [3.63, 3.8) is 0 Å². The van der Waals surface area contributed by atoms with Crippen LogP contribution in [0.4, 0.5) is 4.39 Å². The van der Waals surface area contributed by atoms with E-state index < -0.39 is 5.91 Å². The third-order valence-corrected chi connectivity index (χ3v) is 3.97. The summed E-state index contributed by atoms with van der Waals surface area (Å²) in [5, 5.41) is 1.72. The molecule has 0 radical (unpaired) electrons. The lowest BCUT2D eigenvalue weighted by Gasteiger charge is -2.04. The average molecular weight is 332 g/mol. The highest BCUT2D eigenvalue weighted by Gasteiger charge is 2.07. The molecule has 3 heterocycles. The molecular formula is C19H13FN4O. The van der Waals surface area contributed by atoms with Crippen molar-refractivity contribution < 1.29 is 9.18 Å². The first-order valence-electron chi connectivity index (χ1n) is 7.60. The first-order valence-corrected chi connectivity index (χ1v) is 7.60. The van der Waals surface area contributed by atoms with Crippen LogP contribution in [0.15, 0.2) is 55.0 Å². The summed E-state index contributed by atoms with van der Waals surface area (Å²) in [6.45, 7) is 0. The van der Waals surface area contributed by atoms with Gasteiger partial charge < -0.3 is 10.7 Å². The number of pyridine rings is 2. The molecule has 5 nitrogen and oxygen atoms in total. The van der Waals surface area contributed by atoms with E-state index in [0.29, 0.717) is 11.2 Å². The zero-order chi connectivity index (χ0) is 17.4. The van der Waals surface area contributed by atoms with Gasteiger partial charge in [0.1, 0.15) is 11.5 Å². The van der Waals surface area contributed by atoms with Crippen LogP contribution in [-0.4, -0.2) is 20.9 Å². The highest BCUT2D eigenvalue weighted by Crippen LogP contribution is 2.27. The molecule has 6 heteroatoms. The van der Waals surface area contributed by atoms with Crippen molar-refractivity contribution >= 4 is 33.9 Å². The number of hydrogen-bond donors (Lipinski definition) is 2. The Morgan fingerprint density at radius 1 is 1.12 bits per heavy atom. The number of hydrogen-bond acceptors (Lipinski definition) is 3. The molecule has 0 unspecified atom stereocenters. The summed E-state index contributed by atoms with van der Waals surface area (Å²) in [5.41, 5.74) is 9.03. The van der Waals surface area contributed by atoms with E-state index in [1.807, 2.05) is 12.1 Å². The number of H-pyrrole nitrogens is 1. The Morgan fingerprint density at radius 3 is 2.76 bits per heavy atom. The van der Waals surface area contributed by atoms with Crippen LogP contribution in [0.5, 0.6) is 0 Å². The smallest absolute Gasteiger partial charge is 0.241 e. The number of benzene rings is 1. The van der Waals surface area contributed by atoms with Gasteiger partial charge in [0, 0.05) is 58.2 Å². The van der Waals surface area contributed by atoms with Gasteiger partial charge in [0.15, 0.2) is 0 Å². The van der Waals surface area contributed by atoms with Gasteiger partial charge in [0.25, 0.3) is 0 Å². The molecule has 0 aliphatic carbocycles. The summed E-state index contributed by atoms with van der Waals surface area (Å²) in [6.07, 6.45) is 8.15. The Kier molecular flexibility index (Phi) is 3.50. The number of nitrogens with zero attached hydrogens (tertiary/aromatic N) is 2. The van der Waals surface area contributed by atoms with Crippen molar-refractivity contribution in [3.05, 3.63) is 66.4 Å². The minimum absolute atomic E-state index is 0.311. The zero-order valence-electron chi connectivity index (χ0n) is 13.0. The average Bonchev–Trinajstić information content (AvgIpc) is 3.01. The topological polar surface area (TPSA) is 84.7 Å².